The number of nitrogens with zero attached hydrogens (tertiary/aromatic N) is 3. The van der Waals surface area contributed by atoms with Crippen molar-refractivity contribution in [3.63, 3.8) is 0 Å². The predicted octanol–water partition coefficient (Wildman–Crippen LogP) is 2.29. The maximum Gasteiger partial charge on any atom is 0.319 e. The lowest BCUT2D eigenvalue weighted by molar-refractivity contribution is 0.0984. The van der Waals surface area contributed by atoms with Crippen molar-refractivity contribution in [3.8, 4) is 11.4 Å². The van der Waals surface area contributed by atoms with Crippen molar-refractivity contribution in [2.45, 2.75) is 32.9 Å². The molecule has 0 bridgehead atoms. The van der Waals surface area contributed by atoms with E-state index < -0.39 is 5.82 Å². The summed E-state index contributed by atoms with van der Waals surface area (Å²) in [6.45, 7) is 7.95. The molecule has 4 rings (SSSR count). The van der Waals surface area contributed by atoms with E-state index in [1.54, 1.807) is 12.1 Å². The van der Waals surface area contributed by atoms with Crippen LogP contribution >= 0.6 is 0 Å². The highest BCUT2D eigenvalue weighted by Gasteiger charge is 2.27. The third kappa shape index (κ3) is 4.22. The third-order valence-electron chi connectivity index (χ3n) is 5.36. The van der Waals surface area contributed by atoms with Crippen LogP contribution < -0.4 is 20.9 Å². The van der Waals surface area contributed by atoms with E-state index >= 15 is 0 Å². The van der Waals surface area contributed by atoms with Gasteiger partial charge in [-0.05, 0) is 45.0 Å². The number of anilines is 2. The Hall–Kier alpha value is -2.78. The number of rotatable bonds is 4. The van der Waals surface area contributed by atoms with Crippen LogP contribution in [0.25, 0.3) is 11.4 Å². The minimum Gasteiger partial charge on any atom is -0.377 e. The number of aromatic nitrogens is 2. The van der Waals surface area contributed by atoms with Gasteiger partial charge in [0.05, 0.1) is 30.5 Å². The van der Waals surface area contributed by atoms with E-state index in [-0.39, 0.29) is 12.1 Å². The number of amides is 2. The first-order valence-electron chi connectivity index (χ1n) is 10.4. The fourth-order valence-electron chi connectivity index (χ4n) is 3.85. The van der Waals surface area contributed by atoms with E-state index in [0.29, 0.717) is 43.4 Å². The molecule has 0 radical (unpaired) electrons. The van der Waals surface area contributed by atoms with Gasteiger partial charge in [0, 0.05) is 30.9 Å². The topological polar surface area (TPSA) is 91.4 Å². The van der Waals surface area contributed by atoms with Gasteiger partial charge in [-0.2, -0.15) is 0 Å². The second-order valence-electron chi connectivity index (χ2n) is 7.52. The standard InChI is InChI=1S/C21H27FN6O2/c1-3-24-21(29)25-14-4-5-15(17(22)10-14)19-26-18-11-23-7-6-16(18)20(27-19)28-8-9-30-12-13(28)2/h4-5,10,13,23H,3,6-9,11-12H2,1-2H3,(H2,24,25,29)/t13-/m0/s1. The number of morpholine rings is 1. The monoisotopic (exact) mass is 414 g/mol. The van der Waals surface area contributed by atoms with Crippen LogP contribution in [0.1, 0.15) is 25.1 Å². The van der Waals surface area contributed by atoms with Crippen LogP contribution in [-0.2, 0) is 17.7 Å². The second-order valence-corrected chi connectivity index (χ2v) is 7.52. The molecule has 3 heterocycles. The van der Waals surface area contributed by atoms with Crippen molar-refractivity contribution >= 4 is 17.5 Å². The molecule has 8 nitrogen and oxygen atoms in total. The molecule has 1 aromatic carbocycles. The van der Waals surface area contributed by atoms with E-state index in [0.717, 1.165) is 36.6 Å². The quantitative estimate of drug-likeness (QED) is 0.711. The zero-order chi connectivity index (χ0) is 21.1. The van der Waals surface area contributed by atoms with Gasteiger partial charge in [-0.15, -0.1) is 0 Å². The molecule has 2 amide bonds. The van der Waals surface area contributed by atoms with Crippen LogP contribution in [-0.4, -0.2) is 54.9 Å². The highest BCUT2D eigenvalue weighted by atomic mass is 19.1. The molecule has 1 atom stereocenters. The molecular weight excluding hydrogens is 387 g/mol. The van der Waals surface area contributed by atoms with Gasteiger partial charge in [-0.1, -0.05) is 0 Å². The largest absolute Gasteiger partial charge is 0.377 e. The van der Waals surface area contributed by atoms with Gasteiger partial charge in [0.2, 0.25) is 0 Å². The summed E-state index contributed by atoms with van der Waals surface area (Å²) in [5.74, 6) is 0.749. The number of hydrogen-bond acceptors (Lipinski definition) is 6. The normalized spacial score (nSPS) is 18.6. The Balaban J connectivity index is 1.70. The summed E-state index contributed by atoms with van der Waals surface area (Å²) in [4.78, 5) is 23.4. The SMILES string of the molecule is CCNC(=O)Nc1ccc(-c2nc3c(c(N4CCOC[C@@H]4C)n2)CCNC3)c(F)c1. The van der Waals surface area contributed by atoms with Crippen LogP contribution in [0.15, 0.2) is 18.2 Å². The van der Waals surface area contributed by atoms with Crippen molar-refractivity contribution in [2.24, 2.45) is 0 Å². The first-order valence-corrected chi connectivity index (χ1v) is 10.4. The molecule has 0 aliphatic carbocycles. The van der Waals surface area contributed by atoms with E-state index in [1.807, 2.05) is 6.92 Å². The molecule has 1 saturated heterocycles. The Morgan fingerprint density at radius 1 is 1.40 bits per heavy atom. The molecule has 3 N–H and O–H groups in total. The van der Waals surface area contributed by atoms with Gasteiger partial charge in [0.25, 0.3) is 0 Å². The summed E-state index contributed by atoms with van der Waals surface area (Å²) >= 11 is 0. The zero-order valence-corrected chi connectivity index (χ0v) is 17.3. The fourth-order valence-corrected chi connectivity index (χ4v) is 3.85. The number of benzene rings is 1. The van der Waals surface area contributed by atoms with Crippen LogP contribution in [0.2, 0.25) is 0 Å². The smallest absolute Gasteiger partial charge is 0.319 e. The Labute approximate surface area is 175 Å². The molecule has 30 heavy (non-hydrogen) atoms. The predicted molar refractivity (Wildman–Crippen MR) is 113 cm³/mol. The average molecular weight is 414 g/mol. The van der Waals surface area contributed by atoms with E-state index in [2.05, 4.69) is 32.8 Å². The summed E-state index contributed by atoms with van der Waals surface area (Å²) in [6, 6.07) is 4.38. The number of carbonyl (C=O) groups excluding carboxylic acids is 1. The third-order valence-corrected chi connectivity index (χ3v) is 5.36. The maximum atomic E-state index is 15.0. The number of fused-ring (bicyclic) bond motifs is 1. The van der Waals surface area contributed by atoms with Crippen molar-refractivity contribution in [1.29, 1.82) is 0 Å². The number of nitrogens with one attached hydrogen (secondary N) is 3. The average Bonchev–Trinajstić information content (AvgIpc) is 2.74. The summed E-state index contributed by atoms with van der Waals surface area (Å²) in [5, 5.41) is 8.58. The van der Waals surface area contributed by atoms with Gasteiger partial charge < -0.3 is 25.6 Å². The molecule has 0 unspecified atom stereocenters. The molecule has 160 valence electrons. The highest BCUT2D eigenvalue weighted by Crippen LogP contribution is 2.31. The summed E-state index contributed by atoms with van der Waals surface area (Å²) in [5.41, 5.74) is 2.72. The summed E-state index contributed by atoms with van der Waals surface area (Å²) in [7, 11) is 0. The lowest BCUT2D eigenvalue weighted by Crippen LogP contribution is -2.45. The van der Waals surface area contributed by atoms with Gasteiger partial charge in [0.1, 0.15) is 11.6 Å². The van der Waals surface area contributed by atoms with Crippen molar-refractivity contribution in [2.75, 3.05) is 43.1 Å². The molecule has 0 spiro atoms. The van der Waals surface area contributed by atoms with Crippen LogP contribution in [0.4, 0.5) is 20.7 Å². The molecule has 1 fully saturated rings. The molecule has 2 aromatic rings. The minimum atomic E-state index is -0.478. The first-order chi connectivity index (χ1) is 14.6. The maximum absolute atomic E-state index is 15.0. The van der Waals surface area contributed by atoms with E-state index in [9.17, 15) is 9.18 Å². The molecular formula is C21H27FN6O2. The van der Waals surface area contributed by atoms with Crippen LogP contribution in [0.3, 0.4) is 0 Å². The number of carbonyl (C=O) groups is 1. The molecule has 9 heteroatoms. The Bertz CT molecular complexity index is 938. The Kier molecular flexibility index (Phi) is 6.10. The van der Waals surface area contributed by atoms with E-state index in [1.165, 1.54) is 6.07 Å². The molecule has 2 aliphatic heterocycles. The Morgan fingerprint density at radius 3 is 3.03 bits per heavy atom. The minimum absolute atomic E-state index is 0.189. The molecule has 1 aromatic heterocycles. The number of halogens is 1. The van der Waals surface area contributed by atoms with Crippen molar-refractivity contribution < 1.29 is 13.9 Å². The summed E-state index contributed by atoms with van der Waals surface area (Å²) in [6.07, 6.45) is 0.840. The number of hydrogen-bond donors (Lipinski definition) is 3. The number of ether oxygens (including phenoxy) is 1. The number of urea groups is 1. The fraction of sp³-hybridized carbons (Fsp3) is 0.476. The van der Waals surface area contributed by atoms with Gasteiger partial charge in [-0.25, -0.2) is 19.2 Å². The second kappa shape index (κ2) is 8.93. The van der Waals surface area contributed by atoms with Gasteiger partial charge >= 0.3 is 6.03 Å². The van der Waals surface area contributed by atoms with Gasteiger partial charge in [0.15, 0.2) is 5.82 Å². The first kappa shape index (κ1) is 20.5. The Morgan fingerprint density at radius 2 is 2.27 bits per heavy atom. The summed E-state index contributed by atoms with van der Waals surface area (Å²) < 4.78 is 20.5. The van der Waals surface area contributed by atoms with Crippen LogP contribution in [0.5, 0.6) is 0 Å². The van der Waals surface area contributed by atoms with Gasteiger partial charge in [-0.3, -0.25) is 0 Å². The lowest BCUT2D eigenvalue weighted by atomic mass is 10.0. The molecule has 0 saturated carbocycles. The highest BCUT2D eigenvalue weighted by molar-refractivity contribution is 5.89. The van der Waals surface area contributed by atoms with E-state index in [4.69, 9.17) is 9.72 Å². The lowest BCUT2D eigenvalue weighted by Gasteiger charge is -2.36. The van der Waals surface area contributed by atoms with Crippen molar-refractivity contribution in [1.82, 2.24) is 20.6 Å². The zero-order valence-electron chi connectivity index (χ0n) is 17.3. The van der Waals surface area contributed by atoms with Crippen LogP contribution in [0, 0.1) is 5.82 Å². The molecule has 2 aliphatic rings. The van der Waals surface area contributed by atoms with Crippen molar-refractivity contribution in [3.05, 3.63) is 35.3 Å².